The summed E-state index contributed by atoms with van der Waals surface area (Å²) in [6.45, 7) is 1.02. The number of anilines is 1. The standard InChI is InChI=1S/C20H20Cl2N6O/c1-24-18(29)11-17(23)25-8-9-26-19-14-4-2-3-5-16(14)27-20(28-19)13-7-6-12(21)10-15(13)22/h2-7,10-11,25H,8-9,23H2,1H3,(H,24,29)(H,26,27,28). The highest BCUT2D eigenvalue weighted by Gasteiger charge is 2.12. The number of benzene rings is 2. The predicted octanol–water partition coefficient (Wildman–Crippen LogP) is 3.15. The highest BCUT2D eigenvalue weighted by Crippen LogP contribution is 2.31. The highest BCUT2D eigenvalue weighted by atomic mass is 35.5. The largest absolute Gasteiger partial charge is 0.385 e. The van der Waals surface area contributed by atoms with Crippen molar-refractivity contribution in [2.45, 2.75) is 0 Å². The van der Waals surface area contributed by atoms with Crippen molar-refractivity contribution in [1.29, 1.82) is 0 Å². The summed E-state index contributed by atoms with van der Waals surface area (Å²) in [4.78, 5) is 20.6. The number of nitrogens with two attached hydrogens (primary N) is 1. The number of likely N-dealkylation sites (N-methyl/N-ethyl adjacent to an activating group) is 1. The van der Waals surface area contributed by atoms with Gasteiger partial charge < -0.3 is 21.7 Å². The van der Waals surface area contributed by atoms with Gasteiger partial charge in [0.15, 0.2) is 5.82 Å². The van der Waals surface area contributed by atoms with Crippen LogP contribution in [0.2, 0.25) is 10.0 Å². The van der Waals surface area contributed by atoms with Crippen LogP contribution < -0.4 is 21.7 Å². The number of para-hydroxylation sites is 1. The Morgan fingerprint density at radius 2 is 1.93 bits per heavy atom. The third-order valence-corrected chi connectivity index (χ3v) is 4.60. The van der Waals surface area contributed by atoms with Crippen molar-refractivity contribution in [3.63, 3.8) is 0 Å². The molecule has 1 aromatic heterocycles. The SMILES string of the molecule is CNC(=O)C=C(N)NCCNc1nc(-c2ccc(Cl)cc2Cl)nc2ccccc12. The van der Waals surface area contributed by atoms with Gasteiger partial charge in [0, 0.05) is 42.2 Å². The molecule has 0 aliphatic carbocycles. The van der Waals surface area contributed by atoms with Crippen LogP contribution in [0.1, 0.15) is 0 Å². The molecule has 9 heteroatoms. The minimum Gasteiger partial charge on any atom is -0.385 e. The van der Waals surface area contributed by atoms with E-state index in [-0.39, 0.29) is 11.7 Å². The fourth-order valence-electron chi connectivity index (χ4n) is 2.65. The quantitative estimate of drug-likeness (QED) is 0.339. The second kappa shape index (κ2) is 9.45. The second-order valence-corrected chi connectivity index (χ2v) is 6.95. The molecule has 2 aromatic carbocycles. The van der Waals surface area contributed by atoms with Gasteiger partial charge in [0.05, 0.1) is 10.5 Å². The first-order valence-corrected chi connectivity index (χ1v) is 9.62. The molecule has 0 spiro atoms. The third kappa shape index (κ3) is 5.28. The summed E-state index contributed by atoms with van der Waals surface area (Å²) in [7, 11) is 1.54. The summed E-state index contributed by atoms with van der Waals surface area (Å²) >= 11 is 12.3. The number of halogens is 2. The molecule has 0 saturated heterocycles. The number of carbonyl (C=O) groups is 1. The van der Waals surface area contributed by atoms with E-state index < -0.39 is 0 Å². The van der Waals surface area contributed by atoms with Gasteiger partial charge in [0.25, 0.3) is 0 Å². The smallest absolute Gasteiger partial charge is 0.247 e. The summed E-state index contributed by atoms with van der Waals surface area (Å²) < 4.78 is 0. The first-order valence-electron chi connectivity index (χ1n) is 8.87. The van der Waals surface area contributed by atoms with Gasteiger partial charge in [0.2, 0.25) is 5.91 Å². The Kier molecular flexibility index (Phi) is 6.74. The molecule has 0 atom stereocenters. The molecule has 3 rings (SSSR count). The Hall–Kier alpha value is -3.03. The molecule has 1 heterocycles. The minimum absolute atomic E-state index is 0.269. The van der Waals surface area contributed by atoms with Gasteiger partial charge >= 0.3 is 0 Å². The molecule has 0 bridgehead atoms. The summed E-state index contributed by atoms with van der Waals surface area (Å²) in [5.41, 5.74) is 7.24. The molecule has 1 amide bonds. The fraction of sp³-hybridized carbons (Fsp3) is 0.150. The zero-order valence-corrected chi connectivity index (χ0v) is 17.2. The lowest BCUT2D eigenvalue weighted by molar-refractivity contribution is -0.116. The van der Waals surface area contributed by atoms with E-state index in [1.807, 2.05) is 24.3 Å². The number of nitrogens with one attached hydrogen (secondary N) is 3. The van der Waals surface area contributed by atoms with Crippen molar-refractivity contribution >= 4 is 45.8 Å². The fourth-order valence-corrected chi connectivity index (χ4v) is 3.15. The van der Waals surface area contributed by atoms with Gasteiger partial charge in [-0.2, -0.15) is 0 Å². The molecule has 150 valence electrons. The summed E-state index contributed by atoms with van der Waals surface area (Å²) in [6.07, 6.45) is 1.29. The monoisotopic (exact) mass is 430 g/mol. The lowest BCUT2D eigenvalue weighted by Crippen LogP contribution is -2.28. The number of carbonyl (C=O) groups excluding carboxylic acids is 1. The van der Waals surface area contributed by atoms with Crippen LogP contribution in [-0.4, -0.2) is 36.0 Å². The maximum Gasteiger partial charge on any atom is 0.247 e. The van der Waals surface area contributed by atoms with Gasteiger partial charge in [-0.25, -0.2) is 9.97 Å². The Labute approximate surface area is 178 Å². The summed E-state index contributed by atoms with van der Waals surface area (Å²) in [5.74, 6) is 1.19. The van der Waals surface area contributed by atoms with Crippen molar-refractivity contribution in [2.75, 3.05) is 25.5 Å². The van der Waals surface area contributed by atoms with Crippen LogP contribution in [0.3, 0.4) is 0 Å². The Bertz CT molecular complexity index is 1070. The van der Waals surface area contributed by atoms with Gasteiger partial charge in [-0.3, -0.25) is 4.79 Å². The average Bonchev–Trinajstić information content (AvgIpc) is 2.70. The van der Waals surface area contributed by atoms with E-state index in [4.69, 9.17) is 28.9 Å². The molecule has 0 aliphatic heterocycles. The first kappa shape index (κ1) is 20.7. The lowest BCUT2D eigenvalue weighted by Gasteiger charge is -2.12. The molecule has 0 aliphatic rings. The van der Waals surface area contributed by atoms with Gasteiger partial charge in [-0.05, 0) is 30.3 Å². The molecule has 5 N–H and O–H groups in total. The van der Waals surface area contributed by atoms with Crippen molar-refractivity contribution in [2.24, 2.45) is 5.73 Å². The molecule has 29 heavy (non-hydrogen) atoms. The van der Waals surface area contributed by atoms with E-state index >= 15 is 0 Å². The molecule has 0 unspecified atom stereocenters. The zero-order chi connectivity index (χ0) is 20.8. The molecule has 3 aromatic rings. The van der Waals surface area contributed by atoms with E-state index in [1.54, 1.807) is 25.2 Å². The van der Waals surface area contributed by atoms with Gasteiger partial charge in [-0.15, -0.1) is 0 Å². The molecular weight excluding hydrogens is 411 g/mol. The van der Waals surface area contributed by atoms with Crippen molar-refractivity contribution in [3.8, 4) is 11.4 Å². The molecule has 0 radical (unpaired) electrons. The number of amides is 1. The summed E-state index contributed by atoms with van der Waals surface area (Å²) in [5, 5.41) is 10.6. The molecule has 0 saturated carbocycles. The molecule has 0 fully saturated rings. The van der Waals surface area contributed by atoms with Gasteiger partial charge in [0.1, 0.15) is 11.6 Å². The highest BCUT2D eigenvalue weighted by molar-refractivity contribution is 6.36. The molecule has 7 nitrogen and oxygen atoms in total. The third-order valence-electron chi connectivity index (χ3n) is 4.05. The van der Waals surface area contributed by atoms with Crippen LogP contribution in [-0.2, 0) is 4.79 Å². The molecular formula is C20H20Cl2N6O. The number of rotatable bonds is 7. The second-order valence-electron chi connectivity index (χ2n) is 6.10. The van der Waals surface area contributed by atoms with Crippen LogP contribution >= 0.6 is 23.2 Å². The number of fused-ring (bicyclic) bond motifs is 1. The number of aromatic nitrogens is 2. The number of hydrogen-bond acceptors (Lipinski definition) is 6. The topological polar surface area (TPSA) is 105 Å². The Balaban J connectivity index is 1.81. The zero-order valence-electron chi connectivity index (χ0n) is 15.7. The van der Waals surface area contributed by atoms with E-state index in [0.717, 1.165) is 10.9 Å². The lowest BCUT2D eigenvalue weighted by atomic mass is 10.2. The van der Waals surface area contributed by atoms with Crippen LogP contribution in [0.15, 0.2) is 54.4 Å². The van der Waals surface area contributed by atoms with E-state index in [2.05, 4.69) is 25.9 Å². The van der Waals surface area contributed by atoms with Crippen LogP contribution in [0.5, 0.6) is 0 Å². The first-order chi connectivity index (χ1) is 14.0. The van der Waals surface area contributed by atoms with Crippen LogP contribution in [0.4, 0.5) is 5.82 Å². The maximum absolute atomic E-state index is 11.3. The van der Waals surface area contributed by atoms with Crippen LogP contribution in [0.25, 0.3) is 22.3 Å². The normalized spacial score (nSPS) is 11.3. The predicted molar refractivity (Wildman–Crippen MR) is 118 cm³/mol. The maximum atomic E-state index is 11.3. The van der Waals surface area contributed by atoms with E-state index in [9.17, 15) is 4.79 Å². The Morgan fingerprint density at radius 1 is 1.14 bits per heavy atom. The van der Waals surface area contributed by atoms with Crippen molar-refractivity contribution in [1.82, 2.24) is 20.6 Å². The van der Waals surface area contributed by atoms with E-state index in [0.29, 0.717) is 40.3 Å². The minimum atomic E-state index is -0.269. The van der Waals surface area contributed by atoms with Crippen molar-refractivity contribution < 1.29 is 4.79 Å². The van der Waals surface area contributed by atoms with Gasteiger partial charge in [-0.1, -0.05) is 35.3 Å². The average molecular weight is 431 g/mol. The Morgan fingerprint density at radius 3 is 2.69 bits per heavy atom. The number of hydrogen-bond donors (Lipinski definition) is 4. The summed E-state index contributed by atoms with van der Waals surface area (Å²) in [6, 6.07) is 12.9. The van der Waals surface area contributed by atoms with E-state index in [1.165, 1.54) is 6.08 Å². The van der Waals surface area contributed by atoms with Crippen LogP contribution in [0, 0.1) is 0 Å². The number of nitrogens with zero attached hydrogens (tertiary/aromatic N) is 2. The van der Waals surface area contributed by atoms with Crippen molar-refractivity contribution in [3.05, 3.63) is 64.4 Å².